The number of unbranched alkanes of at least 4 members (excludes halogenated alkanes) is 2. The molecule has 0 aromatic heterocycles. The molecule has 0 spiro atoms. The standard InChI is InChI=1S/C21H28ClNO2.ClH/c1-3-5-9-12-23-15-18-13-19(22)21(20(14-18)24-4-2)25-16-17-10-7-6-8-11-17;/h6-8,10-11,13-14,23H,3-5,9,12,15-16H2,1-2H3;1H. The zero-order valence-corrected chi connectivity index (χ0v) is 17.2. The van der Waals surface area contributed by atoms with Crippen molar-refractivity contribution >= 4 is 24.0 Å². The van der Waals surface area contributed by atoms with Gasteiger partial charge < -0.3 is 14.8 Å². The van der Waals surface area contributed by atoms with Crippen molar-refractivity contribution in [3.8, 4) is 11.5 Å². The van der Waals surface area contributed by atoms with Crippen molar-refractivity contribution in [2.24, 2.45) is 0 Å². The lowest BCUT2D eigenvalue weighted by Crippen LogP contribution is -2.14. The van der Waals surface area contributed by atoms with Gasteiger partial charge in [-0.3, -0.25) is 0 Å². The summed E-state index contributed by atoms with van der Waals surface area (Å²) in [6, 6.07) is 14.0. The van der Waals surface area contributed by atoms with Crippen LogP contribution >= 0.6 is 24.0 Å². The van der Waals surface area contributed by atoms with Crippen LogP contribution in [0.2, 0.25) is 5.02 Å². The van der Waals surface area contributed by atoms with Crippen LogP contribution in [0.15, 0.2) is 42.5 Å². The Labute approximate surface area is 168 Å². The van der Waals surface area contributed by atoms with E-state index in [1.165, 1.54) is 19.3 Å². The second-order valence-electron chi connectivity index (χ2n) is 6.00. The van der Waals surface area contributed by atoms with E-state index in [4.69, 9.17) is 21.1 Å². The lowest BCUT2D eigenvalue weighted by molar-refractivity contribution is 0.269. The third-order valence-electron chi connectivity index (χ3n) is 3.88. The zero-order chi connectivity index (χ0) is 17.9. The second-order valence-corrected chi connectivity index (χ2v) is 6.40. The van der Waals surface area contributed by atoms with E-state index in [1.807, 2.05) is 49.4 Å². The average molecular weight is 398 g/mol. The minimum Gasteiger partial charge on any atom is -0.490 e. The predicted octanol–water partition coefficient (Wildman–Crippen LogP) is 6.02. The van der Waals surface area contributed by atoms with Gasteiger partial charge >= 0.3 is 0 Å². The van der Waals surface area contributed by atoms with Crippen molar-refractivity contribution in [1.29, 1.82) is 0 Å². The summed E-state index contributed by atoms with van der Waals surface area (Å²) in [6.45, 7) is 7.01. The minimum absolute atomic E-state index is 0. The van der Waals surface area contributed by atoms with Crippen molar-refractivity contribution in [2.45, 2.75) is 46.3 Å². The van der Waals surface area contributed by atoms with E-state index in [0.717, 1.165) is 24.2 Å². The van der Waals surface area contributed by atoms with Gasteiger partial charge in [-0.15, -0.1) is 12.4 Å². The molecule has 0 amide bonds. The highest BCUT2D eigenvalue weighted by Crippen LogP contribution is 2.37. The number of ether oxygens (including phenoxy) is 2. The van der Waals surface area contributed by atoms with E-state index in [1.54, 1.807) is 0 Å². The summed E-state index contributed by atoms with van der Waals surface area (Å²) in [5.74, 6) is 1.32. The molecule has 1 N–H and O–H groups in total. The van der Waals surface area contributed by atoms with Gasteiger partial charge in [-0.2, -0.15) is 0 Å². The van der Waals surface area contributed by atoms with E-state index in [-0.39, 0.29) is 12.4 Å². The van der Waals surface area contributed by atoms with Crippen LogP contribution < -0.4 is 14.8 Å². The molecular weight excluding hydrogens is 369 g/mol. The Bertz CT molecular complexity index is 635. The van der Waals surface area contributed by atoms with Gasteiger partial charge in [0, 0.05) is 6.54 Å². The van der Waals surface area contributed by atoms with Crippen LogP contribution in [0, 0.1) is 0 Å². The Morgan fingerprint density at radius 3 is 2.42 bits per heavy atom. The van der Waals surface area contributed by atoms with Crippen LogP contribution in [0.3, 0.4) is 0 Å². The number of benzene rings is 2. The van der Waals surface area contributed by atoms with Crippen molar-refractivity contribution < 1.29 is 9.47 Å². The summed E-state index contributed by atoms with van der Waals surface area (Å²) in [5, 5.41) is 4.05. The quantitative estimate of drug-likeness (QED) is 0.470. The highest BCUT2D eigenvalue weighted by molar-refractivity contribution is 6.32. The first-order valence-electron chi connectivity index (χ1n) is 9.07. The highest BCUT2D eigenvalue weighted by Gasteiger charge is 2.13. The molecule has 5 heteroatoms. The Kier molecular flexibility index (Phi) is 11.2. The number of nitrogens with one attached hydrogen (secondary N) is 1. The van der Waals surface area contributed by atoms with Gasteiger partial charge in [-0.05, 0) is 43.1 Å². The molecule has 2 aromatic carbocycles. The molecule has 0 saturated carbocycles. The SMILES string of the molecule is CCCCCNCc1cc(Cl)c(OCc2ccccc2)c(OCC)c1.Cl. The molecule has 2 rings (SSSR count). The third-order valence-corrected chi connectivity index (χ3v) is 4.16. The molecule has 0 unspecified atom stereocenters. The molecule has 144 valence electrons. The monoisotopic (exact) mass is 397 g/mol. The Balaban J connectivity index is 0.00000338. The fourth-order valence-electron chi connectivity index (χ4n) is 2.59. The summed E-state index contributed by atoms with van der Waals surface area (Å²) in [5.41, 5.74) is 2.21. The van der Waals surface area contributed by atoms with E-state index >= 15 is 0 Å². The molecular formula is C21H29Cl2NO2. The van der Waals surface area contributed by atoms with Gasteiger partial charge in [-0.1, -0.05) is 61.7 Å². The number of hydrogen-bond donors (Lipinski definition) is 1. The molecule has 0 aliphatic rings. The molecule has 0 radical (unpaired) electrons. The first-order valence-corrected chi connectivity index (χ1v) is 9.45. The Morgan fingerprint density at radius 1 is 0.962 bits per heavy atom. The molecule has 0 bridgehead atoms. The van der Waals surface area contributed by atoms with Crippen molar-refractivity contribution in [2.75, 3.05) is 13.2 Å². The van der Waals surface area contributed by atoms with Crippen molar-refractivity contribution in [3.05, 3.63) is 58.6 Å². The van der Waals surface area contributed by atoms with E-state index in [0.29, 0.717) is 29.7 Å². The van der Waals surface area contributed by atoms with Crippen molar-refractivity contribution in [1.82, 2.24) is 5.32 Å². The molecule has 0 heterocycles. The predicted molar refractivity (Wildman–Crippen MR) is 112 cm³/mol. The second kappa shape index (κ2) is 12.9. The molecule has 2 aromatic rings. The van der Waals surface area contributed by atoms with Gasteiger partial charge in [0.05, 0.1) is 11.6 Å². The molecule has 0 fully saturated rings. The fraction of sp³-hybridized carbons (Fsp3) is 0.429. The van der Waals surface area contributed by atoms with E-state index < -0.39 is 0 Å². The van der Waals surface area contributed by atoms with E-state index in [9.17, 15) is 0 Å². The normalized spacial score (nSPS) is 10.3. The number of rotatable bonds is 11. The number of halogens is 2. The third kappa shape index (κ3) is 7.45. The van der Waals surface area contributed by atoms with Crippen LogP contribution in [-0.4, -0.2) is 13.2 Å². The average Bonchev–Trinajstić information content (AvgIpc) is 2.62. The molecule has 26 heavy (non-hydrogen) atoms. The van der Waals surface area contributed by atoms with Gasteiger partial charge in [0.2, 0.25) is 0 Å². The van der Waals surface area contributed by atoms with Gasteiger partial charge in [0.25, 0.3) is 0 Å². The van der Waals surface area contributed by atoms with Crippen LogP contribution in [-0.2, 0) is 13.2 Å². The summed E-state index contributed by atoms with van der Waals surface area (Å²) in [7, 11) is 0. The van der Waals surface area contributed by atoms with Gasteiger partial charge in [0.15, 0.2) is 11.5 Å². The Hall–Kier alpha value is -1.42. The van der Waals surface area contributed by atoms with Crippen LogP contribution in [0.1, 0.15) is 44.2 Å². The largest absolute Gasteiger partial charge is 0.490 e. The van der Waals surface area contributed by atoms with Gasteiger partial charge in [0.1, 0.15) is 6.61 Å². The van der Waals surface area contributed by atoms with E-state index in [2.05, 4.69) is 12.2 Å². The van der Waals surface area contributed by atoms with Gasteiger partial charge in [-0.25, -0.2) is 0 Å². The summed E-state index contributed by atoms with van der Waals surface area (Å²) < 4.78 is 11.7. The highest BCUT2D eigenvalue weighted by atomic mass is 35.5. The number of hydrogen-bond acceptors (Lipinski definition) is 3. The molecule has 0 atom stereocenters. The summed E-state index contributed by atoms with van der Waals surface area (Å²) >= 11 is 6.47. The van der Waals surface area contributed by atoms with Crippen molar-refractivity contribution in [3.63, 3.8) is 0 Å². The maximum absolute atomic E-state index is 6.47. The maximum atomic E-state index is 6.47. The molecule has 0 saturated heterocycles. The zero-order valence-electron chi connectivity index (χ0n) is 15.6. The summed E-state index contributed by atoms with van der Waals surface area (Å²) in [6.07, 6.45) is 3.68. The first-order chi connectivity index (χ1) is 12.2. The Morgan fingerprint density at radius 2 is 1.73 bits per heavy atom. The topological polar surface area (TPSA) is 30.5 Å². The summed E-state index contributed by atoms with van der Waals surface area (Å²) in [4.78, 5) is 0. The fourth-order valence-corrected chi connectivity index (χ4v) is 2.88. The maximum Gasteiger partial charge on any atom is 0.180 e. The lowest BCUT2D eigenvalue weighted by atomic mass is 10.2. The molecule has 0 aliphatic heterocycles. The van der Waals surface area contributed by atoms with Crippen LogP contribution in [0.5, 0.6) is 11.5 Å². The van der Waals surface area contributed by atoms with Crippen LogP contribution in [0.4, 0.5) is 0 Å². The first kappa shape index (κ1) is 22.6. The lowest BCUT2D eigenvalue weighted by Gasteiger charge is -2.15. The minimum atomic E-state index is 0. The smallest absolute Gasteiger partial charge is 0.180 e. The van der Waals surface area contributed by atoms with Crippen LogP contribution in [0.25, 0.3) is 0 Å². The molecule has 0 aliphatic carbocycles. The molecule has 3 nitrogen and oxygen atoms in total.